The van der Waals surface area contributed by atoms with E-state index in [1.165, 1.54) is 18.4 Å². The Morgan fingerprint density at radius 1 is 1.05 bits per heavy atom. The highest BCUT2D eigenvalue weighted by Crippen LogP contribution is 2.40. The van der Waals surface area contributed by atoms with Gasteiger partial charge in [-0.1, -0.05) is 30.3 Å². The minimum atomic E-state index is -0.0522. The molecular weight excluding hydrogens is 262 g/mol. The fraction of sp³-hybridized carbons (Fsp3) is 0.333. The first-order chi connectivity index (χ1) is 10.3. The predicted molar refractivity (Wildman–Crippen MR) is 81.7 cm³/mol. The number of ether oxygens (including phenoxy) is 2. The van der Waals surface area contributed by atoms with Crippen molar-refractivity contribution >= 4 is 0 Å². The van der Waals surface area contributed by atoms with Crippen LogP contribution < -0.4 is 15.2 Å². The summed E-state index contributed by atoms with van der Waals surface area (Å²) in [6.07, 6.45) is 2.79. The van der Waals surface area contributed by atoms with Gasteiger partial charge in [0, 0.05) is 17.5 Å². The lowest BCUT2D eigenvalue weighted by Gasteiger charge is -2.19. The van der Waals surface area contributed by atoms with E-state index in [4.69, 9.17) is 15.2 Å². The van der Waals surface area contributed by atoms with Gasteiger partial charge in [0.2, 0.25) is 0 Å². The minimum absolute atomic E-state index is 0.0522. The molecule has 0 radical (unpaired) electrons. The zero-order chi connectivity index (χ0) is 14.2. The molecule has 2 unspecified atom stereocenters. The highest BCUT2D eigenvalue weighted by atomic mass is 16.5. The fourth-order valence-corrected chi connectivity index (χ4v) is 2.86. The van der Waals surface area contributed by atoms with Gasteiger partial charge in [-0.05, 0) is 36.6 Å². The van der Waals surface area contributed by atoms with Crippen LogP contribution in [0.25, 0.3) is 0 Å². The van der Waals surface area contributed by atoms with Crippen molar-refractivity contribution in [3.63, 3.8) is 0 Å². The average Bonchev–Trinajstić information content (AvgIpc) is 3.23. The maximum atomic E-state index is 6.46. The SMILES string of the molecule is NC(c1ccc(OC2CC2)cc1)C1COc2ccccc21. The second-order valence-electron chi connectivity index (χ2n) is 5.87. The first-order valence-electron chi connectivity index (χ1n) is 7.55. The van der Waals surface area contributed by atoms with Crippen molar-refractivity contribution < 1.29 is 9.47 Å². The summed E-state index contributed by atoms with van der Waals surface area (Å²) in [7, 11) is 0. The van der Waals surface area contributed by atoms with E-state index in [1.54, 1.807) is 0 Å². The van der Waals surface area contributed by atoms with Crippen LogP contribution in [-0.4, -0.2) is 12.7 Å². The Balaban J connectivity index is 1.53. The normalized spacial score (nSPS) is 21.5. The van der Waals surface area contributed by atoms with Gasteiger partial charge in [0.1, 0.15) is 11.5 Å². The maximum Gasteiger partial charge on any atom is 0.122 e. The van der Waals surface area contributed by atoms with E-state index in [0.29, 0.717) is 12.7 Å². The van der Waals surface area contributed by atoms with Crippen LogP contribution in [0.4, 0.5) is 0 Å². The number of nitrogens with two attached hydrogens (primary N) is 1. The van der Waals surface area contributed by atoms with E-state index in [0.717, 1.165) is 17.1 Å². The van der Waals surface area contributed by atoms with Crippen molar-refractivity contribution in [3.8, 4) is 11.5 Å². The molecule has 21 heavy (non-hydrogen) atoms. The lowest BCUT2D eigenvalue weighted by molar-refractivity contribution is 0.302. The fourth-order valence-electron chi connectivity index (χ4n) is 2.86. The number of hydrogen-bond acceptors (Lipinski definition) is 3. The van der Waals surface area contributed by atoms with E-state index in [2.05, 4.69) is 18.2 Å². The van der Waals surface area contributed by atoms with E-state index in [-0.39, 0.29) is 12.0 Å². The summed E-state index contributed by atoms with van der Waals surface area (Å²) in [5, 5.41) is 0. The van der Waals surface area contributed by atoms with Crippen molar-refractivity contribution in [2.75, 3.05) is 6.61 Å². The van der Waals surface area contributed by atoms with Gasteiger partial charge >= 0.3 is 0 Å². The van der Waals surface area contributed by atoms with Crippen LogP contribution in [0, 0.1) is 0 Å². The number of para-hydroxylation sites is 1. The van der Waals surface area contributed by atoms with Crippen LogP contribution in [0.5, 0.6) is 11.5 Å². The molecule has 1 aliphatic carbocycles. The number of fused-ring (bicyclic) bond motifs is 1. The highest BCUT2D eigenvalue weighted by molar-refractivity contribution is 5.42. The lowest BCUT2D eigenvalue weighted by Crippen LogP contribution is -2.20. The topological polar surface area (TPSA) is 44.5 Å². The van der Waals surface area contributed by atoms with Gasteiger partial charge in [-0.2, -0.15) is 0 Å². The van der Waals surface area contributed by atoms with Crippen molar-refractivity contribution in [3.05, 3.63) is 59.7 Å². The molecule has 0 aromatic heterocycles. The van der Waals surface area contributed by atoms with Crippen molar-refractivity contribution in [1.29, 1.82) is 0 Å². The smallest absolute Gasteiger partial charge is 0.122 e. The van der Waals surface area contributed by atoms with Crippen LogP contribution >= 0.6 is 0 Å². The first-order valence-corrected chi connectivity index (χ1v) is 7.55. The van der Waals surface area contributed by atoms with Gasteiger partial charge in [-0.3, -0.25) is 0 Å². The van der Waals surface area contributed by atoms with Crippen molar-refractivity contribution in [2.45, 2.75) is 30.9 Å². The Hall–Kier alpha value is -2.00. The molecule has 1 heterocycles. The molecule has 2 aromatic rings. The van der Waals surface area contributed by atoms with Crippen LogP contribution in [0.1, 0.15) is 35.9 Å². The Labute approximate surface area is 124 Å². The zero-order valence-electron chi connectivity index (χ0n) is 11.9. The molecule has 1 saturated carbocycles. The molecule has 0 bridgehead atoms. The lowest BCUT2D eigenvalue weighted by atomic mass is 9.89. The second kappa shape index (κ2) is 5.08. The van der Waals surface area contributed by atoms with E-state index < -0.39 is 0 Å². The largest absolute Gasteiger partial charge is 0.493 e. The molecule has 0 amide bonds. The molecule has 4 rings (SSSR count). The monoisotopic (exact) mass is 281 g/mol. The molecule has 2 aromatic carbocycles. The van der Waals surface area contributed by atoms with Crippen molar-refractivity contribution in [1.82, 2.24) is 0 Å². The average molecular weight is 281 g/mol. The van der Waals surface area contributed by atoms with Crippen LogP contribution in [0.3, 0.4) is 0 Å². The third-order valence-electron chi connectivity index (χ3n) is 4.26. The third-order valence-corrected chi connectivity index (χ3v) is 4.26. The summed E-state index contributed by atoms with van der Waals surface area (Å²) in [6, 6.07) is 16.3. The Morgan fingerprint density at radius 3 is 2.57 bits per heavy atom. The zero-order valence-corrected chi connectivity index (χ0v) is 11.9. The molecule has 2 atom stereocenters. The molecule has 3 nitrogen and oxygen atoms in total. The standard InChI is InChI=1S/C18H19NO2/c19-18(16-11-20-17-4-2-1-3-15(16)17)12-5-7-13(8-6-12)21-14-9-10-14/h1-8,14,16,18H,9-11,19H2. The highest BCUT2D eigenvalue weighted by Gasteiger charge is 2.30. The van der Waals surface area contributed by atoms with Crippen molar-refractivity contribution in [2.24, 2.45) is 5.73 Å². The van der Waals surface area contributed by atoms with E-state index in [9.17, 15) is 0 Å². The molecule has 0 spiro atoms. The van der Waals surface area contributed by atoms with Gasteiger partial charge in [0.05, 0.1) is 12.7 Å². The molecular formula is C18H19NO2. The quantitative estimate of drug-likeness (QED) is 0.934. The summed E-state index contributed by atoms with van der Waals surface area (Å²) in [5.41, 5.74) is 8.80. The van der Waals surface area contributed by atoms with Crippen LogP contribution in [-0.2, 0) is 0 Å². The number of rotatable bonds is 4. The molecule has 108 valence electrons. The second-order valence-corrected chi connectivity index (χ2v) is 5.87. The van der Waals surface area contributed by atoms with Gasteiger partial charge < -0.3 is 15.2 Å². The molecule has 2 N–H and O–H groups in total. The molecule has 1 fully saturated rings. The summed E-state index contributed by atoms with van der Waals surface area (Å²) < 4.78 is 11.5. The maximum absolute atomic E-state index is 6.46. The third kappa shape index (κ3) is 2.49. The molecule has 3 heteroatoms. The van der Waals surface area contributed by atoms with Crippen LogP contribution in [0.15, 0.2) is 48.5 Å². The van der Waals surface area contributed by atoms with Gasteiger partial charge in [-0.25, -0.2) is 0 Å². The molecule has 1 aliphatic heterocycles. The Bertz CT molecular complexity index is 634. The van der Waals surface area contributed by atoms with Gasteiger partial charge in [-0.15, -0.1) is 0 Å². The first kappa shape index (κ1) is 12.7. The van der Waals surface area contributed by atoms with Crippen LogP contribution in [0.2, 0.25) is 0 Å². The molecule has 2 aliphatic rings. The summed E-state index contributed by atoms with van der Waals surface area (Å²) >= 11 is 0. The predicted octanol–water partition coefficient (Wildman–Crippen LogP) is 3.40. The number of benzene rings is 2. The molecule has 0 saturated heterocycles. The summed E-state index contributed by atoms with van der Waals surface area (Å²) in [4.78, 5) is 0. The van der Waals surface area contributed by atoms with E-state index in [1.807, 2.05) is 30.3 Å². The van der Waals surface area contributed by atoms with E-state index >= 15 is 0 Å². The Kier molecular flexibility index (Phi) is 3.08. The number of hydrogen-bond donors (Lipinski definition) is 1. The van der Waals surface area contributed by atoms with Gasteiger partial charge in [0.25, 0.3) is 0 Å². The Morgan fingerprint density at radius 2 is 1.81 bits per heavy atom. The minimum Gasteiger partial charge on any atom is -0.493 e. The summed E-state index contributed by atoms with van der Waals surface area (Å²) in [6.45, 7) is 0.654. The summed E-state index contributed by atoms with van der Waals surface area (Å²) in [5.74, 6) is 2.12. The van der Waals surface area contributed by atoms with Gasteiger partial charge in [0.15, 0.2) is 0 Å².